The number of benzene rings is 2. The van der Waals surface area contributed by atoms with Gasteiger partial charge in [-0.1, -0.05) is 39.0 Å². The fourth-order valence-corrected chi connectivity index (χ4v) is 2.70. The molecule has 0 aliphatic rings. The van der Waals surface area contributed by atoms with Crippen molar-refractivity contribution in [3.63, 3.8) is 0 Å². The molecule has 0 atom stereocenters. The van der Waals surface area contributed by atoms with Gasteiger partial charge in [0, 0.05) is 24.3 Å². The molecule has 0 aliphatic heterocycles. The fourth-order valence-electron chi connectivity index (χ4n) is 2.70. The highest BCUT2D eigenvalue weighted by molar-refractivity contribution is 5.92. The van der Waals surface area contributed by atoms with E-state index in [1.807, 2.05) is 56.3 Å². The third kappa shape index (κ3) is 6.10. The molecule has 26 heavy (non-hydrogen) atoms. The van der Waals surface area contributed by atoms with E-state index in [0.29, 0.717) is 13.0 Å². The van der Waals surface area contributed by atoms with E-state index >= 15 is 0 Å². The monoisotopic (exact) mass is 354 g/mol. The van der Waals surface area contributed by atoms with Crippen molar-refractivity contribution in [1.82, 2.24) is 0 Å². The van der Waals surface area contributed by atoms with E-state index in [0.717, 1.165) is 22.7 Å². The Labute approximate surface area is 157 Å². The Bertz CT molecular complexity index is 716. The second-order valence-corrected chi connectivity index (χ2v) is 7.71. The zero-order valence-corrected chi connectivity index (χ0v) is 16.4. The standard InChI is InChI=1S/C22H30N2O2/c1-16(2)26-18-12-10-17(11-13-18)23-15-14-21(25)24-20-9-7-6-8-19(20)22(3,4)5/h6-13,16,23H,14-15H2,1-5H3,(H,24,25). The van der Waals surface area contributed by atoms with Gasteiger partial charge in [-0.3, -0.25) is 4.79 Å². The van der Waals surface area contributed by atoms with Gasteiger partial charge >= 0.3 is 0 Å². The zero-order valence-electron chi connectivity index (χ0n) is 16.4. The lowest BCUT2D eigenvalue weighted by atomic mass is 9.86. The molecule has 0 fully saturated rings. The number of hydrogen-bond acceptors (Lipinski definition) is 3. The maximum absolute atomic E-state index is 12.3. The third-order valence-corrected chi connectivity index (χ3v) is 3.92. The number of nitrogens with one attached hydrogen (secondary N) is 2. The minimum atomic E-state index is -0.0120. The van der Waals surface area contributed by atoms with Crippen molar-refractivity contribution in [2.45, 2.75) is 52.6 Å². The quantitative estimate of drug-likeness (QED) is 0.717. The van der Waals surface area contributed by atoms with Crippen LogP contribution in [0.25, 0.3) is 0 Å². The van der Waals surface area contributed by atoms with Crippen molar-refractivity contribution < 1.29 is 9.53 Å². The summed E-state index contributed by atoms with van der Waals surface area (Å²) >= 11 is 0. The lowest BCUT2D eigenvalue weighted by molar-refractivity contribution is -0.115. The predicted octanol–water partition coefficient (Wildman–Crippen LogP) is 5.21. The molecule has 2 aromatic carbocycles. The molecule has 0 radical (unpaired) electrons. The van der Waals surface area contributed by atoms with Crippen molar-refractivity contribution in [2.24, 2.45) is 0 Å². The summed E-state index contributed by atoms with van der Waals surface area (Å²) < 4.78 is 5.62. The van der Waals surface area contributed by atoms with Crippen LogP contribution in [0.15, 0.2) is 48.5 Å². The van der Waals surface area contributed by atoms with Crippen molar-refractivity contribution in [3.05, 3.63) is 54.1 Å². The molecule has 1 amide bonds. The SMILES string of the molecule is CC(C)Oc1ccc(NCCC(=O)Nc2ccccc2C(C)(C)C)cc1. The summed E-state index contributed by atoms with van der Waals surface area (Å²) in [5.74, 6) is 0.857. The Morgan fingerprint density at radius 3 is 2.31 bits per heavy atom. The summed E-state index contributed by atoms with van der Waals surface area (Å²) in [6, 6.07) is 15.8. The van der Waals surface area contributed by atoms with E-state index < -0.39 is 0 Å². The molecule has 4 nitrogen and oxygen atoms in total. The number of rotatable bonds is 7. The molecule has 4 heteroatoms. The van der Waals surface area contributed by atoms with Gasteiger partial charge in [-0.15, -0.1) is 0 Å². The average molecular weight is 354 g/mol. The van der Waals surface area contributed by atoms with E-state index in [9.17, 15) is 4.79 Å². The molecular formula is C22H30N2O2. The van der Waals surface area contributed by atoms with Crippen LogP contribution in [0.5, 0.6) is 5.75 Å². The minimum absolute atomic E-state index is 0.00830. The maximum Gasteiger partial charge on any atom is 0.226 e. The van der Waals surface area contributed by atoms with Crippen LogP contribution in [0.1, 0.15) is 46.6 Å². The molecule has 0 heterocycles. The van der Waals surface area contributed by atoms with Crippen molar-refractivity contribution in [2.75, 3.05) is 17.2 Å². The number of ether oxygens (including phenoxy) is 1. The summed E-state index contributed by atoms with van der Waals surface area (Å²) in [4.78, 5) is 12.3. The maximum atomic E-state index is 12.3. The van der Waals surface area contributed by atoms with Gasteiger partial charge < -0.3 is 15.4 Å². The number of carbonyl (C=O) groups excluding carboxylic acids is 1. The smallest absolute Gasteiger partial charge is 0.226 e. The second-order valence-electron chi connectivity index (χ2n) is 7.71. The normalized spacial score (nSPS) is 11.3. The molecule has 0 spiro atoms. The molecule has 0 saturated carbocycles. The highest BCUT2D eigenvalue weighted by Gasteiger charge is 2.18. The number of para-hydroxylation sites is 1. The molecule has 0 bridgehead atoms. The summed E-state index contributed by atoms with van der Waals surface area (Å²) in [5.41, 5.74) is 2.99. The number of anilines is 2. The Morgan fingerprint density at radius 2 is 1.69 bits per heavy atom. The van der Waals surface area contributed by atoms with Crippen LogP contribution in [-0.4, -0.2) is 18.6 Å². The Balaban J connectivity index is 1.84. The second kappa shape index (κ2) is 8.75. The van der Waals surface area contributed by atoms with E-state index in [1.165, 1.54) is 0 Å². The van der Waals surface area contributed by atoms with Gasteiger partial charge in [-0.2, -0.15) is 0 Å². The molecule has 0 aromatic heterocycles. The molecule has 2 N–H and O–H groups in total. The van der Waals surface area contributed by atoms with Gasteiger partial charge in [0.2, 0.25) is 5.91 Å². The van der Waals surface area contributed by atoms with E-state index in [2.05, 4.69) is 37.5 Å². The molecule has 2 aromatic rings. The number of amides is 1. The highest BCUT2D eigenvalue weighted by atomic mass is 16.5. The van der Waals surface area contributed by atoms with Crippen LogP contribution in [0.4, 0.5) is 11.4 Å². The van der Waals surface area contributed by atoms with Crippen LogP contribution in [0.3, 0.4) is 0 Å². The highest BCUT2D eigenvalue weighted by Crippen LogP contribution is 2.29. The first kappa shape index (κ1) is 19.8. The summed E-state index contributed by atoms with van der Waals surface area (Å²) in [7, 11) is 0. The molecule has 0 unspecified atom stereocenters. The number of hydrogen-bond donors (Lipinski definition) is 2. The van der Waals surface area contributed by atoms with Crippen LogP contribution in [-0.2, 0) is 10.2 Å². The van der Waals surface area contributed by atoms with Gasteiger partial charge in [0.05, 0.1) is 6.10 Å². The first-order chi connectivity index (χ1) is 12.3. The van der Waals surface area contributed by atoms with Crippen LogP contribution in [0.2, 0.25) is 0 Å². The summed E-state index contributed by atoms with van der Waals surface area (Å²) in [6.45, 7) is 11.0. The average Bonchev–Trinajstić information content (AvgIpc) is 2.55. The van der Waals surface area contributed by atoms with Crippen molar-refractivity contribution >= 4 is 17.3 Å². The third-order valence-electron chi connectivity index (χ3n) is 3.92. The van der Waals surface area contributed by atoms with Crippen LogP contribution < -0.4 is 15.4 Å². The van der Waals surface area contributed by atoms with Gasteiger partial charge in [0.1, 0.15) is 5.75 Å². The van der Waals surface area contributed by atoms with Crippen molar-refractivity contribution in [1.29, 1.82) is 0 Å². The Hall–Kier alpha value is -2.49. The lowest BCUT2D eigenvalue weighted by Crippen LogP contribution is -2.20. The molecule has 2 rings (SSSR count). The first-order valence-electron chi connectivity index (χ1n) is 9.15. The number of carbonyl (C=O) groups is 1. The minimum Gasteiger partial charge on any atom is -0.491 e. The zero-order chi connectivity index (χ0) is 19.2. The van der Waals surface area contributed by atoms with E-state index in [4.69, 9.17) is 4.74 Å². The van der Waals surface area contributed by atoms with Gasteiger partial charge in [-0.05, 0) is 55.2 Å². The Kier molecular flexibility index (Phi) is 6.67. The molecule has 0 saturated heterocycles. The van der Waals surface area contributed by atoms with Gasteiger partial charge in [-0.25, -0.2) is 0 Å². The van der Waals surface area contributed by atoms with Crippen LogP contribution in [0, 0.1) is 0 Å². The molecule has 140 valence electrons. The first-order valence-corrected chi connectivity index (χ1v) is 9.15. The summed E-state index contributed by atoms with van der Waals surface area (Å²) in [5, 5.41) is 6.31. The topological polar surface area (TPSA) is 50.4 Å². The fraction of sp³-hybridized carbons (Fsp3) is 0.409. The molecular weight excluding hydrogens is 324 g/mol. The van der Waals surface area contributed by atoms with E-state index in [-0.39, 0.29) is 17.4 Å². The predicted molar refractivity (Wildman–Crippen MR) is 109 cm³/mol. The van der Waals surface area contributed by atoms with Gasteiger partial charge in [0.15, 0.2) is 0 Å². The van der Waals surface area contributed by atoms with Crippen LogP contribution >= 0.6 is 0 Å². The summed E-state index contributed by atoms with van der Waals surface area (Å²) in [6.07, 6.45) is 0.566. The lowest BCUT2D eigenvalue weighted by Gasteiger charge is -2.23. The largest absolute Gasteiger partial charge is 0.491 e. The van der Waals surface area contributed by atoms with E-state index in [1.54, 1.807) is 0 Å². The van der Waals surface area contributed by atoms with Crippen molar-refractivity contribution in [3.8, 4) is 5.75 Å². The van der Waals surface area contributed by atoms with Gasteiger partial charge in [0.25, 0.3) is 0 Å². The Morgan fingerprint density at radius 1 is 1.04 bits per heavy atom. The molecule has 0 aliphatic carbocycles.